The maximum Gasteiger partial charge on any atom is 0.290 e. The van der Waals surface area contributed by atoms with Crippen LogP contribution < -0.4 is 10.2 Å². The highest BCUT2D eigenvalue weighted by atomic mass is 16.5. The fraction of sp³-hybridized carbons (Fsp3) is 0.217. The highest BCUT2D eigenvalue weighted by Crippen LogP contribution is 2.38. The van der Waals surface area contributed by atoms with Gasteiger partial charge in [-0.2, -0.15) is 0 Å². The average molecular weight is 391 g/mol. The predicted molar refractivity (Wildman–Crippen MR) is 109 cm³/mol. The summed E-state index contributed by atoms with van der Waals surface area (Å²) in [5, 5.41) is 9.95. The van der Waals surface area contributed by atoms with Crippen molar-refractivity contribution >= 4 is 16.9 Å². The van der Waals surface area contributed by atoms with Gasteiger partial charge in [0.05, 0.1) is 23.6 Å². The first kappa shape index (κ1) is 19.0. The van der Waals surface area contributed by atoms with E-state index in [9.17, 15) is 14.7 Å². The number of carbonyl (C=O) groups is 1. The Morgan fingerprint density at radius 1 is 1.24 bits per heavy atom. The summed E-state index contributed by atoms with van der Waals surface area (Å²) < 4.78 is 11.5. The van der Waals surface area contributed by atoms with Crippen molar-refractivity contribution in [3.63, 3.8) is 0 Å². The fourth-order valence-electron chi connectivity index (χ4n) is 3.75. The summed E-state index contributed by atoms with van der Waals surface area (Å²) in [7, 11) is 0. The van der Waals surface area contributed by atoms with Crippen molar-refractivity contribution in [1.29, 1.82) is 0 Å². The number of hydrogen-bond donors (Lipinski definition) is 1. The first-order valence-corrected chi connectivity index (χ1v) is 9.38. The summed E-state index contributed by atoms with van der Waals surface area (Å²) in [5.74, 6) is 0.228. The number of fused-ring (bicyclic) bond motifs is 2. The van der Waals surface area contributed by atoms with Crippen molar-refractivity contribution in [2.24, 2.45) is 0 Å². The molecular weight excluding hydrogens is 370 g/mol. The van der Waals surface area contributed by atoms with Gasteiger partial charge >= 0.3 is 0 Å². The fourth-order valence-corrected chi connectivity index (χ4v) is 3.75. The van der Waals surface area contributed by atoms with Gasteiger partial charge in [0.1, 0.15) is 17.9 Å². The van der Waals surface area contributed by atoms with Crippen molar-refractivity contribution in [2.75, 3.05) is 19.8 Å². The molecular formula is C23H21NO5. The molecule has 0 saturated heterocycles. The Kier molecular flexibility index (Phi) is 4.94. The number of β-amino-alcohol motifs (C(OH)–C–C–N with tert-alkyl or cyclic N) is 1. The number of aliphatic hydroxyl groups is 1. The molecule has 1 aromatic heterocycles. The molecule has 0 fully saturated rings. The Morgan fingerprint density at radius 3 is 2.83 bits per heavy atom. The number of aryl methyl sites for hydroxylation is 1. The third kappa shape index (κ3) is 3.21. The summed E-state index contributed by atoms with van der Waals surface area (Å²) in [5.41, 5.74) is 2.08. The van der Waals surface area contributed by atoms with E-state index in [4.69, 9.17) is 9.15 Å². The Balaban J connectivity index is 1.93. The second kappa shape index (κ2) is 7.56. The summed E-state index contributed by atoms with van der Waals surface area (Å²) in [6.07, 6.45) is 1.64. The van der Waals surface area contributed by atoms with E-state index >= 15 is 0 Å². The summed E-state index contributed by atoms with van der Waals surface area (Å²) in [4.78, 5) is 27.9. The van der Waals surface area contributed by atoms with Crippen LogP contribution in [0.4, 0.5) is 0 Å². The van der Waals surface area contributed by atoms with E-state index in [1.54, 1.807) is 36.4 Å². The Bertz CT molecular complexity index is 1160. The van der Waals surface area contributed by atoms with Gasteiger partial charge in [0.2, 0.25) is 5.76 Å². The third-order valence-electron chi connectivity index (χ3n) is 5.00. The molecule has 6 heteroatoms. The van der Waals surface area contributed by atoms with E-state index in [1.807, 2.05) is 19.1 Å². The lowest BCUT2D eigenvalue weighted by molar-refractivity contribution is 0.0691. The molecule has 3 aromatic rings. The maximum atomic E-state index is 13.4. The number of ether oxygens (including phenoxy) is 1. The van der Waals surface area contributed by atoms with Gasteiger partial charge in [-0.1, -0.05) is 36.4 Å². The molecule has 2 aromatic carbocycles. The molecule has 29 heavy (non-hydrogen) atoms. The number of amides is 1. The van der Waals surface area contributed by atoms with Crippen LogP contribution in [0.3, 0.4) is 0 Å². The highest BCUT2D eigenvalue weighted by Gasteiger charge is 2.42. The lowest BCUT2D eigenvalue weighted by atomic mass is 9.98. The second-order valence-corrected chi connectivity index (χ2v) is 6.97. The van der Waals surface area contributed by atoms with Crippen molar-refractivity contribution in [2.45, 2.75) is 13.0 Å². The van der Waals surface area contributed by atoms with E-state index in [0.717, 1.165) is 5.56 Å². The van der Waals surface area contributed by atoms with Crippen LogP contribution >= 0.6 is 0 Å². The molecule has 0 saturated carbocycles. The van der Waals surface area contributed by atoms with Gasteiger partial charge < -0.3 is 19.2 Å². The third-order valence-corrected chi connectivity index (χ3v) is 5.00. The summed E-state index contributed by atoms with van der Waals surface area (Å²) in [6.45, 7) is 5.74. The van der Waals surface area contributed by atoms with Crippen LogP contribution in [0.25, 0.3) is 11.0 Å². The number of nitrogens with zero attached hydrogens (tertiary/aromatic N) is 1. The van der Waals surface area contributed by atoms with Gasteiger partial charge in [0.15, 0.2) is 5.43 Å². The topological polar surface area (TPSA) is 80.0 Å². The number of carbonyl (C=O) groups excluding carboxylic acids is 1. The van der Waals surface area contributed by atoms with Gasteiger partial charge in [-0.3, -0.25) is 9.59 Å². The van der Waals surface area contributed by atoms with Crippen molar-refractivity contribution in [3.05, 3.63) is 87.8 Å². The molecule has 148 valence electrons. The van der Waals surface area contributed by atoms with Gasteiger partial charge in [0, 0.05) is 6.54 Å². The lowest BCUT2D eigenvalue weighted by Gasteiger charge is -2.24. The predicted octanol–water partition coefficient (Wildman–Crippen LogP) is 3.20. The van der Waals surface area contributed by atoms with Crippen molar-refractivity contribution in [3.8, 4) is 5.75 Å². The van der Waals surface area contributed by atoms with E-state index in [2.05, 4.69) is 6.58 Å². The quantitative estimate of drug-likeness (QED) is 0.653. The molecule has 6 nitrogen and oxygen atoms in total. The molecule has 1 atom stereocenters. The average Bonchev–Trinajstić information content (AvgIpc) is 3.00. The minimum absolute atomic E-state index is 0.0298. The Hall–Kier alpha value is -3.38. The SMILES string of the molecule is C=CCOc1cccc([C@@H]2c3c(oc4ccc(C)cc4c3=O)C(=O)N2CCO)c1. The second-order valence-electron chi connectivity index (χ2n) is 6.97. The first-order valence-electron chi connectivity index (χ1n) is 9.38. The molecule has 1 aliphatic rings. The van der Waals surface area contributed by atoms with Crippen LogP contribution in [-0.2, 0) is 0 Å². The molecule has 0 unspecified atom stereocenters. The minimum atomic E-state index is -0.655. The normalized spacial score (nSPS) is 15.6. The molecule has 2 heterocycles. The smallest absolute Gasteiger partial charge is 0.290 e. The van der Waals surface area contributed by atoms with E-state index < -0.39 is 11.9 Å². The maximum absolute atomic E-state index is 13.4. The number of hydrogen-bond acceptors (Lipinski definition) is 5. The minimum Gasteiger partial charge on any atom is -0.490 e. The summed E-state index contributed by atoms with van der Waals surface area (Å²) in [6, 6.07) is 11.9. The Morgan fingerprint density at radius 2 is 2.07 bits per heavy atom. The number of aliphatic hydroxyl groups excluding tert-OH is 1. The molecule has 0 aliphatic carbocycles. The zero-order valence-electron chi connectivity index (χ0n) is 16.1. The largest absolute Gasteiger partial charge is 0.490 e. The van der Waals surface area contributed by atoms with Gasteiger partial charge in [-0.05, 0) is 36.8 Å². The number of rotatable bonds is 6. The van der Waals surface area contributed by atoms with Crippen LogP contribution in [0.15, 0.2) is 64.3 Å². The lowest BCUT2D eigenvalue weighted by Crippen LogP contribution is -2.32. The molecule has 1 N–H and O–H groups in total. The van der Waals surface area contributed by atoms with E-state index in [0.29, 0.717) is 34.5 Å². The number of benzene rings is 2. The molecule has 1 amide bonds. The van der Waals surface area contributed by atoms with Crippen molar-refractivity contribution in [1.82, 2.24) is 4.90 Å². The van der Waals surface area contributed by atoms with Gasteiger partial charge in [-0.25, -0.2) is 0 Å². The zero-order valence-corrected chi connectivity index (χ0v) is 16.1. The standard InChI is InChI=1S/C23H21NO5/c1-3-11-28-16-6-4-5-15(13-16)20-19-21(26)17-12-14(2)7-8-18(17)29-22(19)23(27)24(20)9-10-25/h3-8,12-13,20,25H,1,9-11H2,2H3/t20-/m1/s1. The van der Waals surface area contributed by atoms with Crippen LogP contribution in [0, 0.1) is 6.92 Å². The molecule has 4 rings (SSSR count). The van der Waals surface area contributed by atoms with Crippen LogP contribution in [0.2, 0.25) is 0 Å². The zero-order chi connectivity index (χ0) is 20.5. The van der Waals surface area contributed by atoms with Gasteiger partial charge in [-0.15, -0.1) is 0 Å². The van der Waals surface area contributed by atoms with Crippen LogP contribution in [-0.4, -0.2) is 35.7 Å². The monoisotopic (exact) mass is 391 g/mol. The first-order chi connectivity index (χ1) is 14.0. The molecule has 1 aliphatic heterocycles. The van der Waals surface area contributed by atoms with Gasteiger partial charge in [0.25, 0.3) is 5.91 Å². The molecule has 0 radical (unpaired) electrons. The summed E-state index contributed by atoms with van der Waals surface area (Å²) >= 11 is 0. The van der Waals surface area contributed by atoms with Crippen LogP contribution in [0.1, 0.15) is 33.3 Å². The highest BCUT2D eigenvalue weighted by molar-refractivity contribution is 5.99. The molecule has 0 spiro atoms. The van der Waals surface area contributed by atoms with E-state index in [1.165, 1.54) is 4.90 Å². The Labute approximate surface area is 167 Å². The van der Waals surface area contributed by atoms with Crippen LogP contribution in [0.5, 0.6) is 5.75 Å². The van der Waals surface area contributed by atoms with Crippen molar-refractivity contribution < 1.29 is 19.1 Å². The van der Waals surface area contributed by atoms with E-state index in [-0.39, 0.29) is 24.3 Å². The molecule has 0 bridgehead atoms.